The molecule has 0 aliphatic heterocycles. The van der Waals surface area contributed by atoms with E-state index in [0.717, 1.165) is 11.8 Å². The molecule has 20 heavy (non-hydrogen) atoms. The molecule has 0 saturated heterocycles. The Bertz CT molecular complexity index is 781. The highest BCUT2D eigenvalue weighted by molar-refractivity contribution is 6.45. The maximum absolute atomic E-state index is 11.2. The van der Waals surface area contributed by atoms with E-state index in [1.807, 2.05) is 34.9 Å². The molecular formula is C15H10Cl2N2O. The van der Waals surface area contributed by atoms with Gasteiger partial charge >= 0.3 is 0 Å². The molecular weight excluding hydrogens is 295 g/mol. The van der Waals surface area contributed by atoms with E-state index in [0.29, 0.717) is 33.2 Å². The average Bonchev–Trinajstić information content (AvgIpc) is 2.82. The minimum atomic E-state index is 0.347. The molecule has 0 fully saturated rings. The van der Waals surface area contributed by atoms with Gasteiger partial charge in [0.05, 0.1) is 10.0 Å². The second-order valence-corrected chi connectivity index (χ2v) is 5.22. The third-order valence-electron chi connectivity index (χ3n) is 3.13. The van der Waals surface area contributed by atoms with Crippen LogP contribution in [0.15, 0.2) is 42.7 Å². The highest BCUT2D eigenvalue weighted by atomic mass is 35.5. The average molecular weight is 305 g/mol. The Balaban J connectivity index is 2.17. The van der Waals surface area contributed by atoms with Crippen molar-refractivity contribution in [2.75, 3.05) is 0 Å². The van der Waals surface area contributed by atoms with Crippen LogP contribution in [0.1, 0.15) is 15.9 Å². The number of aldehydes is 1. The van der Waals surface area contributed by atoms with Gasteiger partial charge in [0.2, 0.25) is 0 Å². The van der Waals surface area contributed by atoms with Crippen LogP contribution in [0, 0.1) is 0 Å². The van der Waals surface area contributed by atoms with E-state index < -0.39 is 0 Å². The van der Waals surface area contributed by atoms with Crippen LogP contribution in [0.5, 0.6) is 0 Å². The number of hydrogen-bond acceptors (Lipinski definition) is 2. The number of pyridine rings is 1. The lowest BCUT2D eigenvalue weighted by molar-refractivity contribution is 0.112. The summed E-state index contributed by atoms with van der Waals surface area (Å²) < 4.78 is 1.90. The fraction of sp³-hybridized carbons (Fsp3) is 0.0667. The summed E-state index contributed by atoms with van der Waals surface area (Å²) in [5, 5.41) is 1.32. The number of aromatic nitrogens is 2. The molecule has 2 aromatic heterocycles. The van der Waals surface area contributed by atoms with Crippen LogP contribution in [-0.4, -0.2) is 15.8 Å². The van der Waals surface area contributed by atoms with Crippen LogP contribution >= 0.6 is 23.2 Å². The van der Waals surface area contributed by atoms with Gasteiger partial charge in [0.25, 0.3) is 0 Å². The van der Waals surface area contributed by atoms with Gasteiger partial charge in [0.15, 0.2) is 6.29 Å². The fourth-order valence-corrected chi connectivity index (χ4v) is 2.60. The molecule has 0 radical (unpaired) electrons. The Hall–Kier alpha value is -1.84. The monoisotopic (exact) mass is 304 g/mol. The van der Waals surface area contributed by atoms with Crippen LogP contribution in [0.3, 0.4) is 0 Å². The molecule has 0 N–H and O–H groups in total. The number of halogens is 2. The van der Waals surface area contributed by atoms with Crippen LogP contribution in [0.2, 0.25) is 10.0 Å². The van der Waals surface area contributed by atoms with E-state index in [2.05, 4.69) is 4.98 Å². The molecule has 3 nitrogen and oxygen atoms in total. The number of nitrogens with zero attached hydrogens (tertiary/aromatic N) is 2. The number of hydrogen-bond donors (Lipinski definition) is 0. The molecule has 5 heteroatoms. The second kappa shape index (κ2) is 5.27. The topological polar surface area (TPSA) is 34.9 Å². The molecule has 0 unspecified atom stereocenters. The number of carbonyl (C=O) groups is 1. The SMILES string of the molecule is O=Cc1cn(Cc2ccccc2)c2ncc(Cl)c(Cl)c12. The molecule has 3 aromatic rings. The van der Waals surface area contributed by atoms with Crippen LogP contribution in [0.25, 0.3) is 11.0 Å². The normalized spacial score (nSPS) is 10.9. The van der Waals surface area contributed by atoms with Crippen molar-refractivity contribution in [3.05, 3.63) is 63.9 Å². The number of fused-ring (bicyclic) bond motifs is 1. The van der Waals surface area contributed by atoms with E-state index >= 15 is 0 Å². The van der Waals surface area contributed by atoms with Crippen molar-refractivity contribution in [2.45, 2.75) is 6.54 Å². The van der Waals surface area contributed by atoms with Crippen molar-refractivity contribution in [3.63, 3.8) is 0 Å². The Kier molecular flexibility index (Phi) is 3.47. The number of rotatable bonds is 3. The summed E-state index contributed by atoms with van der Waals surface area (Å²) >= 11 is 12.1. The third kappa shape index (κ3) is 2.19. The first-order valence-electron chi connectivity index (χ1n) is 6.02. The van der Waals surface area contributed by atoms with Gasteiger partial charge in [-0.1, -0.05) is 53.5 Å². The van der Waals surface area contributed by atoms with Crippen LogP contribution in [-0.2, 0) is 6.54 Å². The molecule has 0 bridgehead atoms. The van der Waals surface area contributed by atoms with Gasteiger partial charge < -0.3 is 4.57 Å². The van der Waals surface area contributed by atoms with Gasteiger partial charge in [-0.05, 0) is 5.56 Å². The van der Waals surface area contributed by atoms with Crippen molar-refractivity contribution >= 4 is 40.5 Å². The molecule has 2 heterocycles. The van der Waals surface area contributed by atoms with E-state index in [1.165, 1.54) is 6.20 Å². The van der Waals surface area contributed by atoms with Crippen LogP contribution in [0.4, 0.5) is 0 Å². The van der Waals surface area contributed by atoms with E-state index in [9.17, 15) is 4.79 Å². The smallest absolute Gasteiger partial charge is 0.152 e. The zero-order valence-corrected chi connectivity index (χ0v) is 11.9. The fourth-order valence-electron chi connectivity index (χ4n) is 2.21. The lowest BCUT2D eigenvalue weighted by Gasteiger charge is -2.05. The Morgan fingerprint density at radius 3 is 2.65 bits per heavy atom. The number of carbonyl (C=O) groups excluding carboxylic acids is 1. The second-order valence-electron chi connectivity index (χ2n) is 4.43. The quantitative estimate of drug-likeness (QED) is 0.680. The largest absolute Gasteiger partial charge is 0.327 e. The first kappa shape index (κ1) is 13.2. The molecule has 0 saturated carbocycles. The van der Waals surface area contributed by atoms with Crippen molar-refractivity contribution in [1.29, 1.82) is 0 Å². The maximum Gasteiger partial charge on any atom is 0.152 e. The molecule has 3 rings (SSSR count). The Morgan fingerprint density at radius 2 is 1.95 bits per heavy atom. The predicted molar refractivity (Wildman–Crippen MR) is 80.7 cm³/mol. The van der Waals surface area contributed by atoms with Gasteiger partial charge in [0, 0.05) is 29.9 Å². The predicted octanol–water partition coefficient (Wildman–Crippen LogP) is 4.20. The molecule has 100 valence electrons. The zero-order chi connectivity index (χ0) is 14.1. The van der Waals surface area contributed by atoms with Gasteiger partial charge in [-0.15, -0.1) is 0 Å². The summed E-state index contributed by atoms with van der Waals surface area (Å²) in [5.41, 5.74) is 2.27. The van der Waals surface area contributed by atoms with E-state index in [4.69, 9.17) is 23.2 Å². The van der Waals surface area contributed by atoms with Gasteiger partial charge in [-0.3, -0.25) is 4.79 Å². The van der Waals surface area contributed by atoms with Gasteiger partial charge in [0.1, 0.15) is 5.65 Å². The highest BCUT2D eigenvalue weighted by Gasteiger charge is 2.15. The Morgan fingerprint density at radius 1 is 1.20 bits per heavy atom. The summed E-state index contributed by atoms with van der Waals surface area (Å²) in [4.78, 5) is 15.5. The lowest BCUT2D eigenvalue weighted by Crippen LogP contribution is -1.98. The maximum atomic E-state index is 11.2. The third-order valence-corrected chi connectivity index (χ3v) is 3.91. The van der Waals surface area contributed by atoms with Gasteiger partial charge in [-0.25, -0.2) is 4.98 Å². The summed E-state index contributed by atoms with van der Waals surface area (Å²) in [6, 6.07) is 9.94. The van der Waals surface area contributed by atoms with Crippen molar-refractivity contribution in [3.8, 4) is 0 Å². The summed E-state index contributed by atoms with van der Waals surface area (Å²) in [6.45, 7) is 0.621. The Labute approximate surface area is 125 Å². The summed E-state index contributed by atoms with van der Waals surface area (Å²) in [6.07, 6.45) is 4.02. The molecule has 0 spiro atoms. The minimum Gasteiger partial charge on any atom is -0.327 e. The minimum absolute atomic E-state index is 0.347. The van der Waals surface area contributed by atoms with E-state index in [1.54, 1.807) is 6.20 Å². The summed E-state index contributed by atoms with van der Waals surface area (Å²) in [7, 11) is 0. The molecule has 1 aromatic carbocycles. The standard InChI is InChI=1S/C15H10Cl2N2O/c16-12-6-18-15-13(14(12)17)11(9-20)8-19(15)7-10-4-2-1-3-5-10/h1-6,8-9H,7H2. The molecule has 0 amide bonds. The lowest BCUT2D eigenvalue weighted by atomic mass is 10.2. The first-order valence-corrected chi connectivity index (χ1v) is 6.78. The summed E-state index contributed by atoms with van der Waals surface area (Å²) in [5.74, 6) is 0. The molecule has 0 atom stereocenters. The van der Waals surface area contributed by atoms with Gasteiger partial charge in [-0.2, -0.15) is 0 Å². The zero-order valence-electron chi connectivity index (χ0n) is 10.4. The van der Waals surface area contributed by atoms with Crippen molar-refractivity contribution in [2.24, 2.45) is 0 Å². The highest BCUT2D eigenvalue weighted by Crippen LogP contribution is 2.32. The first-order chi connectivity index (χ1) is 9.70. The molecule has 0 aliphatic carbocycles. The number of benzene rings is 1. The van der Waals surface area contributed by atoms with Crippen molar-refractivity contribution < 1.29 is 4.79 Å². The van der Waals surface area contributed by atoms with Crippen molar-refractivity contribution in [1.82, 2.24) is 9.55 Å². The van der Waals surface area contributed by atoms with E-state index in [-0.39, 0.29) is 0 Å². The van der Waals surface area contributed by atoms with Crippen LogP contribution < -0.4 is 0 Å². The molecule has 0 aliphatic rings.